The van der Waals surface area contributed by atoms with Crippen molar-refractivity contribution in [3.05, 3.63) is 47.6 Å². The number of hydrogen-bond donors (Lipinski definition) is 1. The largest absolute Gasteiger partial charge is 0.382 e. The van der Waals surface area contributed by atoms with E-state index >= 15 is 0 Å². The van der Waals surface area contributed by atoms with Gasteiger partial charge in [0.25, 0.3) is 0 Å². The SMILES string of the molecule is CCOCc1nc2c(N)nc3ccccc3c2n1Cc1cc(C)no1. The van der Waals surface area contributed by atoms with E-state index in [0.29, 0.717) is 31.1 Å². The fourth-order valence-corrected chi connectivity index (χ4v) is 3.03. The number of pyridine rings is 1. The van der Waals surface area contributed by atoms with Crippen LogP contribution < -0.4 is 5.73 Å². The molecule has 4 rings (SSSR count). The van der Waals surface area contributed by atoms with E-state index < -0.39 is 0 Å². The molecule has 0 saturated carbocycles. The third-order valence-corrected chi connectivity index (χ3v) is 4.12. The van der Waals surface area contributed by atoms with Crippen molar-refractivity contribution in [2.24, 2.45) is 0 Å². The van der Waals surface area contributed by atoms with Crippen LogP contribution in [0.1, 0.15) is 24.2 Å². The molecule has 3 aromatic heterocycles. The summed E-state index contributed by atoms with van der Waals surface area (Å²) in [4.78, 5) is 9.17. The molecule has 0 aliphatic heterocycles. The van der Waals surface area contributed by atoms with Gasteiger partial charge >= 0.3 is 0 Å². The van der Waals surface area contributed by atoms with E-state index in [2.05, 4.69) is 14.7 Å². The van der Waals surface area contributed by atoms with Gasteiger partial charge < -0.3 is 19.6 Å². The molecule has 1 aromatic carbocycles. The molecule has 3 heterocycles. The number of rotatable bonds is 5. The number of imidazole rings is 1. The van der Waals surface area contributed by atoms with Crippen LogP contribution in [0.3, 0.4) is 0 Å². The van der Waals surface area contributed by atoms with Gasteiger partial charge in [0.15, 0.2) is 11.6 Å². The quantitative estimate of drug-likeness (QED) is 0.602. The van der Waals surface area contributed by atoms with Crippen molar-refractivity contribution in [2.45, 2.75) is 27.0 Å². The van der Waals surface area contributed by atoms with Crippen LogP contribution in [0.4, 0.5) is 5.82 Å². The number of nitrogen functional groups attached to an aromatic ring is 1. The third-order valence-electron chi connectivity index (χ3n) is 4.12. The fraction of sp³-hybridized carbons (Fsp3) is 0.278. The van der Waals surface area contributed by atoms with Crippen LogP contribution in [-0.4, -0.2) is 26.3 Å². The second-order valence-corrected chi connectivity index (χ2v) is 5.90. The van der Waals surface area contributed by atoms with E-state index in [9.17, 15) is 0 Å². The lowest BCUT2D eigenvalue weighted by Gasteiger charge is -2.09. The average Bonchev–Trinajstić information content (AvgIpc) is 3.18. The van der Waals surface area contributed by atoms with Gasteiger partial charge in [-0.3, -0.25) is 0 Å². The molecular weight excluding hydrogens is 318 g/mol. The van der Waals surface area contributed by atoms with Gasteiger partial charge in [-0.25, -0.2) is 9.97 Å². The first kappa shape index (κ1) is 15.6. The maximum atomic E-state index is 6.17. The summed E-state index contributed by atoms with van der Waals surface area (Å²) in [5, 5.41) is 4.97. The Bertz CT molecular complexity index is 1050. The zero-order valence-electron chi connectivity index (χ0n) is 14.2. The number of hydrogen-bond acceptors (Lipinski definition) is 6. The lowest BCUT2D eigenvalue weighted by molar-refractivity contribution is 0.126. The number of aryl methyl sites for hydroxylation is 1. The molecule has 128 valence electrons. The molecule has 7 nitrogen and oxygen atoms in total. The Balaban J connectivity index is 1.97. The highest BCUT2D eigenvalue weighted by Crippen LogP contribution is 2.29. The van der Waals surface area contributed by atoms with Crippen LogP contribution in [0, 0.1) is 6.92 Å². The Morgan fingerprint density at radius 1 is 1.24 bits per heavy atom. The highest BCUT2D eigenvalue weighted by molar-refractivity contribution is 6.06. The summed E-state index contributed by atoms with van der Waals surface area (Å²) >= 11 is 0. The first-order valence-electron chi connectivity index (χ1n) is 8.20. The summed E-state index contributed by atoms with van der Waals surface area (Å²) in [5.74, 6) is 1.96. The lowest BCUT2D eigenvalue weighted by atomic mass is 10.2. The molecule has 0 aliphatic rings. The summed E-state index contributed by atoms with van der Waals surface area (Å²) in [5.41, 5.74) is 9.47. The summed E-state index contributed by atoms with van der Waals surface area (Å²) in [6.07, 6.45) is 0. The maximum absolute atomic E-state index is 6.17. The molecule has 0 atom stereocenters. The van der Waals surface area contributed by atoms with Crippen LogP contribution in [0.25, 0.3) is 21.9 Å². The van der Waals surface area contributed by atoms with Gasteiger partial charge in [0.1, 0.15) is 17.9 Å². The van der Waals surface area contributed by atoms with Gasteiger partial charge in [-0.2, -0.15) is 0 Å². The number of fused-ring (bicyclic) bond motifs is 3. The van der Waals surface area contributed by atoms with Crippen LogP contribution in [0.2, 0.25) is 0 Å². The van der Waals surface area contributed by atoms with Gasteiger partial charge in [-0.1, -0.05) is 23.4 Å². The Morgan fingerprint density at radius 3 is 2.84 bits per heavy atom. The highest BCUT2D eigenvalue weighted by Gasteiger charge is 2.18. The molecule has 0 saturated heterocycles. The fourth-order valence-electron chi connectivity index (χ4n) is 3.03. The van der Waals surface area contributed by atoms with Crippen molar-refractivity contribution in [3.63, 3.8) is 0 Å². The van der Waals surface area contributed by atoms with E-state index in [0.717, 1.165) is 33.7 Å². The molecule has 0 radical (unpaired) electrons. The van der Waals surface area contributed by atoms with Crippen LogP contribution in [0.15, 0.2) is 34.9 Å². The number of benzene rings is 1. The normalized spacial score (nSPS) is 11.6. The first-order chi connectivity index (χ1) is 12.2. The topological polar surface area (TPSA) is 92.0 Å². The minimum atomic E-state index is 0.395. The lowest BCUT2D eigenvalue weighted by Crippen LogP contribution is -2.07. The number of anilines is 1. The predicted octanol–water partition coefficient (Wildman–Crippen LogP) is 3.05. The third kappa shape index (κ3) is 2.72. The summed E-state index contributed by atoms with van der Waals surface area (Å²) in [6.45, 7) is 5.37. The molecule has 0 fully saturated rings. The Morgan fingerprint density at radius 2 is 2.08 bits per heavy atom. The van der Waals surface area contributed by atoms with E-state index in [1.165, 1.54) is 0 Å². The van der Waals surface area contributed by atoms with E-state index in [1.807, 2.05) is 44.2 Å². The van der Waals surface area contributed by atoms with Gasteiger partial charge in [-0.05, 0) is 19.9 Å². The second-order valence-electron chi connectivity index (χ2n) is 5.90. The predicted molar refractivity (Wildman–Crippen MR) is 95.1 cm³/mol. The average molecular weight is 337 g/mol. The second kappa shape index (κ2) is 6.18. The molecule has 2 N–H and O–H groups in total. The van der Waals surface area contributed by atoms with Crippen molar-refractivity contribution >= 4 is 27.8 Å². The van der Waals surface area contributed by atoms with Crippen molar-refractivity contribution in [1.29, 1.82) is 0 Å². The number of para-hydroxylation sites is 1. The van der Waals surface area contributed by atoms with E-state index in [-0.39, 0.29) is 0 Å². The van der Waals surface area contributed by atoms with Gasteiger partial charge in [0.05, 0.1) is 23.3 Å². The van der Waals surface area contributed by atoms with Crippen LogP contribution in [0.5, 0.6) is 0 Å². The summed E-state index contributed by atoms with van der Waals surface area (Å²) < 4.78 is 13.1. The molecule has 0 unspecified atom stereocenters. The summed E-state index contributed by atoms with van der Waals surface area (Å²) in [7, 11) is 0. The Hall–Kier alpha value is -2.93. The number of nitrogens with zero attached hydrogens (tertiary/aromatic N) is 4. The molecule has 25 heavy (non-hydrogen) atoms. The zero-order valence-corrected chi connectivity index (χ0v) is 14.2. The first-order valence-corrected chi connectivity index (χ1v) is 8.20. The minimum absolute atomic E-state index is 0.395. The Kier molecular flexibility index (Phi) is 3.85. The standard InChI is InChI=1S/C18H19N5O2/c1-3-24-10-15-21-16-17(23(15)9-12-8-11(2)22-25-12)13-6-4-5-7-14(13)20-18(16)19/h4-8H,3,9-10H2,1-2H3,(H2,19,20). The Labute approximate surface area is 144 Å². The molecular formula is C18H19N5O2. The molecule has 0 aliphatic carbocycles. The monoisotopic (exact) mass is 337 g/mol. The van der Waals surface area contributed by atoms with Gasteiger partial charge in [0, 0.05) is 18.1 Å². The molecule has 0 spiro atoms. The van der Waals surface area contributed by atoms with E-state index in [1.54, 1.807) is 0 Å². The van der Waals surface area contributed by atoms with Gasteiger partial charge in [-0.15, -0.1) is 0 Å². The molecule has 7 heteroatoms. The maximum Gasteiger partial charge on any atom is 0.156 e. The van der Waals surface area contributed by atoms with Crippen LogP contribution >= 0.6 is 0 Å². The molecule has 0 amide bonds. The number of nitrogens with two attached hydrogens (primary N) is 1. The molecule has 4 aromatic rings. The summed E-state index contributed by atoms with van der Waals surface area (Å²) in [6, 6.07) is 9.82. The smallest absolute Gasteiger partial charge is 0.156 e. The molecule has 0 bridgehead atoms. The van der Waals surface area contributed by atoms with E-state index in [4.69, 9.17) is 20.0 Å². The van der Waals surface area contributed by atoms with Crippen LogP contribution in [-0.2, 0) is 17.9 Å². The van der Waals surface area contributed by atoms with Crippen molar-refractivity contribution in [3.8, 4) is 0 Å². The van der Waals surface area contributed by atoms with Gasteiger partial charge in [0.2, 0.25) is 0 Å². The number of ether oxygens (including phenoxy) is 1. The minimum Gasteiger partial charge on any atom is -0.382 e. The zero-order chi connectivity index (χ0) is 17.4. The van der Waals surface area contributed by atoms with Crippen molar-refractivity contribution in [1.82, 2.24) is 19.7 Å². The number of aromatic nitrogens is 4. The highest BCUT2D eigenvalue weighted by atomic mass is 16.5. The van der Waals surface area contributed by atoms with Crippen molar-refractivity contribution in [2.75, 3.05) is 12.3 Å². The van der Waals surface area contributed by atoms with Crippen molar-refractivity contribution < 1.29 is 9.26 Å².